The van der Waals surface area contributed by atoms with Gasteiger partial charge in [0, 0.05) is 64.4 Å². The number of amides is 4. The first kappa shape index (κ1) is 37.3. The fraction of sp³-hybridized carbons (Fsp3) is 0.583. The summed E-state index contributed by atoms with van der Waals surface area (Å²) in [4.78, 5) is 40.5. The Morgan fingerprint density at radius 3 is 1.69 bits per heavy atom. The highest BCUT2D eigenvalue weighted by Crippen LogP contribution is 2.29. The zero-order chi connectivity index (χ0) is 36.0. The van der Waals surface area contributed by atoms with Crippen LogP contribution in [0.15, 0.2) is 53.4 Å². The third kappa shape index (κ3) is 9.69. The number of hydrogen-bond acceptors (Lipinski definition) is 9. The molecule has 2 N–H and O–H groups in total. The van der Waals surface area contributed by atoms with E-state index in [9.17, 15) is 18.0 Å². The first-order valence-corrected chi connectivity index (χ1v) is 20.5. The monoisotopic (exact) mass is 739 g/mol. The van der Waals surface area contributed by atoms with E-state index in [-0.39, 0.29) is 18.1 Å². The molecule has 0 bridgehead atoms. The topological polar surface area (TPSA) is 125 Å². The Bertz CT molecular complexity index is 1670. The van der Waals surface area contributed by atoms with Crippen LogP contribution >= 0.6 is 11.3 Å². The van der Waals surface area contributed by atoms with Crippen molar-refractivity contribution in [3.05, 3.63) is 54.1 Å². The summed E-state index contributed by atoms with van der Waals surface area (Å²) >= 11 is 1.73. The van der Waals surface area contributed by atoms with Crippen molar-refractivity contribution >= 4 is 48.8 Å². The molecule has 4 aliphatic heterocycles. The van der Waals surface area contributed by atoms with Gasteiger partial charge in [0.2, 0.25) is 10.0 Å². The zero-order valence-corrected chi connectivity index (χ0v) is 31.8. The van der Waals surface area contributed by atoms with E-state index in [1.54, 1.807) is 40.5 Å². The number of sulfonamides is 1. The SMILES string of the molecule is CN1CCC(NC(=O)N2CCN(c3nc4ccccc4s3)CC2)CC1.Cc1ccc(S(=O)(=O)N2CCN(C(=O)NC3CCN(C)CC3)CC2)cc1. The maximum atomic E-state index is 12.7. The van der Waals surface area contributed by atoms with E-state index in [0.717, 1.165) is 94.3 Å². The average molecular weight is 740 g/mol. The number of anilines is 1. The Kier molecular flexibility index (Phi) is 12.3. The van der Waals surface area contributed by atoms with Crippen molar-refractivity contribution in [3.63, 3.8) is 0 Å². The average Bonchev–Trinajstić information content (AvgIpc) is 3.59. The standard InChI is InChI=1S/C18H25N5OS.C18H28N4O3S/c1-21-8-6-14(7-9-21)19-17(24)22-10-12-23(13-11-22)18-20-15-4-2-3-5-16(15)25-18;1-15-3-5-17(6-4-15)26(24,25)22-13-11-21(12-14-22)18(23)19-16-7-9-20(2)10-8-16/h2-5,14H,6-13H2,1H3,(H,19,24);3-6,16H,7-14H2,1-2H3,(H,19,23). The quantitative estimate of drug-likeness (QED) is 0.409. The third-order valence-electron chi connectivity index (χ3n) is 10.4. The van der Waals surface area contributed by atoms with Crippen molar-refractivity contribution < 1.29 is 18.0 Å². The molecule has 0 radical (unpaired) electrons. The highest BCUT2D eigenvalue weighted by atomic mass is 32.2. The molecule has 2 aromatic carbocycles. The molecule has 4 saturated heterocycles. The van der Waals surface area contributed by atoms with Crippen LogP contribution < -0.4 is 15.5 Å². The number of urea groups is 2. The van der Waals surface area contributed by atoms with Crippen LogP contribution in [0, 0.1) is 6.92 Å². The summed E-state index contributed by atoms with van der Waals surface area (Å²) in [5.41, 5.74) is 2.09. The molecule has 0 atom stereocenters. The summed E-state index contributed by atoms with van der Waals surface area (Å²) in [6, 6.07) is 15.7. The first-order valence-electron chi connectivity index (χ1n) is 18.2. The Labute approximate surface area is 306 Å². The van der Waals surface area contributed by atoms with Crippen LogP contribution in [-0.2, 0) is 10.0 Å². The largest absolute Gasteiger partial charge is 0.345 e. The maximum absolute atomic E-state index is 12.7. The number of aromatic nitrogens is 1. The molecule has 13 nitrogen and oxygen atoms in total. The van der Waals surface area contributed by atoms with E-state index in [2.05, 4.69) is 57.6 Å². The molecule has 15 heteroatoms. The molecule has 4 fully saturated rings. The Morgan fingerprint density at radius 2 is 1.18 bits per heavy atom. The second kappa shape index (κ2) is 16.9. The first-order chi connectivity index (χ1) is 24.5. The highest BCUT2D eigenvalue weighted by molar-refractivity contribution is 7.89. The minimum absolute atomic E-state index is 0.0769. The van der Waals surface area contributed by atoms with Gasteiger partial charge in [-0.1, -0.05) is 41.2 Å². The van der Waals surface area contributed by atoms with E-state index in [1.165, 1.54) is 9.01 Å². The van der Waals surface area contributed by atoms with Crippen LogP contribution in [0.5, 0.6) is 0 Å². The second-order valence-corrected chi connectivity index (χ2v) is 17.1. The number of piperazine rings is 2. The van der Waals surface area contributed by atoms with Gasteiger partial charge in [0.1, 0.15) is 0 Å². The summed E-state index contributed by atoms with van der Waals surface area (Å²) < 4.78 is 28.1. The van der Waals surface area contributed by atoms with Crippen molar-refractivity contribution in [2.24, 2.45) is 0 Å². The van der Waals surface area contributed by atoms with E-state index in [0.29, 0.717) is 37.1 Å². The van der Waals surface area contributed by atoms with Crippen LogP contribution in [0.1, 0.15) is 31.2 Å². The predicted molar refractivity (Wildman–Crippen MR) is 203 cm³/mol. The summed E-state index contributed by atoms with van der Waals surface area (Å²) in [7, 11) is 0.735. The summed E-state index contributed by atoms with van der Waals surface area (Å²) in [6.45, 7) is 10.8. The van der Waals surface area contributed by atoms with Gasteiger partial charge in [-0.2, -0.15) is 4.31 Å². The van der Waals surface area contributed by atoms with E-state index in [1.807, 2.05) is 17.9 Å². The van der Waals surface area contributed by atoms with Crippen molar-refractivity contribution in [2.75, 3.05) is 97.5 Å². The fourth-order valence-electron chi connectivity index (χ4n) is 6.92. The van der Waals surface area contributed by atoms with Gasteiger partial charge in [-0.25, -0.2) is 23.0 Å². The molecule has 278 valence electrons. The van der Waals surface area contributed by atoms with Crippen LogP contribution in [-0.4, -0.2) is 154 Å². The zero-order valence-electron chi connectivity index (χ0n) is 30.2. The van der Waals surface area contributed by atoms with E-state index in [4.69, 9.17) is 4.98 Å². The number of aryl methyl sites for hydroxylation is 1. The van der Waals surface area contributed by atoms with E-state index < -0.39 is 10.0 Å². The lowest BCUT2D eigenvalue weighted by molar-refractivity contribution is 0.161. The lowest BCUT2D eigenvalue weighted by Crippen LogP contribution is -2.55. The maximum Gasteiger partial charge on any atom is 0.317 e. The minimum Gasteiger partial charge on any atom is -0.345 e. The molecule has 3 aromatic rings. The van der Waals surface area contributed by atoms with Gasteiger partial charge in [-0.15, -0.1) is 0 Å². The molecular weight excluding hydrogens is 687 g/mol. The van der Waals surface area contributed by atoms with Gasteiger partial charge in [0.05, 0.1) is 15.1 Å². The molecule has 4 amide bonds. The Balaban J connectivity index is 0.000000176. The van der Waals surface area contributed by atoms with Gasteiger partial charge in [-0.05, 0) is 97.1 Å². The smallest absolute Gasteiger partial charge is 0.317 e. The lowest BCUT2D eigenvalue weighted by Gasteiger charge is -2.36. The van der Waals surface area contributed by atoms with Gasteiger partial charge in [-0.3, -0.25) is 0 Å². The van der Waals surface area contributed by atoms with Crippen LogP contribution in [0.2, 0.25) is 0 Å². The number of fused-ring (bicyclic) bond motifs is 1. The lowest BCUT2D eigenvalue weighted by atomic mass is 10.1. The summed E-state index contributed by atoms with van der Waals surface area (Å²) in [6.07, 6.45) is 4.02. The molecule has 4 aliphatic rings. The van der Waals surface area contributed by atoms with Crippen LogP contribution in [0.3, 0.4) is 0 Å². The normalized spacial score (nSPS) is 20.6. The molecule has 0 unspecified atom stereocenters. The molecular formula is C36H53N9O4S2. The number of thiazole rings is 1. The number of carbonyl (C=O) groups excluding carboxylic acids is 2. The summed E-state index contributed by atoms with van der Waals surface area (Å²) in [5, 5.41) is 7.37. The molecule has 7 rings (SSSR count). The molecule has 0 saturated carbocycles. The third-order valence-corrected chi connectivity index (χ3v) is 13.4. The number of benzene rings is 2. The minimum atomic E-state index is -3.49. The number of para-hydroxylation sites is 1. The molecule has 5 heterocycles. The number of hydrogen-bond donors (Lipinski definition) is 2. The fourth-order valence-corrected chi connectivity index (χ4v) is 9.36. The Morgan fingerprint density at radius 1 is 0.686 bits per heavy atom. The van der Waals surface area contributed by atoms with Crippen molar-refractivity contribution in [1.82, 2.24) is 39.5 Å². The predicted octanol–water partition coefficient (Wildman–Crippen LogP) is 3.33. The van der Waals surface area contributed by atoms with Crippen molar-refractivity contribution in [3.8, 4) is 0 Å². The van der Waals surface area contributed by atoms with Gasteiger partial charge < -0.3 is 35.1 Å². The molecule has 0 aliphatic carbocycles. The second-order valence-electron chi connectivity index (χ2n) is 14.2. The highest BCUT2D eigenvalue weighted by Gasteiger charge is 2.31. The van der Waals surface area contributed by atoms with Crippen LogP contribution in [0.4, 0.5) is 14.7 Å². The van der Waals surface area contributed by atoms with Gasteiger partial charge in [0.15, 0.2) is 5.13 Å². The summed E-state index contributed by atoms with van der Waals surface area (Å²) in [5.74, 6) is 0. The number of nitrogens with one attached hydrogen (secondary N) is 2. The van der Waals surface area contributed by atoms with Crippen LogP contribution in [0.25, 0.3) is 10.2 Å². The van der Waals surface area contributed by atoms with Crippen molar-refractivity contribution in [1.29, 1.82) is 0 Å². The number of carbonyl (C=O) groups is 2. The van der Waals surface area contributed by atoms with E-state index >= 15 is 0 Å². The molecule has 1 aromatic heterocycles. The Hall–Kier alpha value is -3.50. The number of piperidine rings is 2. The molecule has 0 spiro atoms. The van der Waals surface area contributed by atoms with Gasteiger partial charge >= 0.3 is 12.1 Å². The molecule has 51 heavy (non-hydrogen) atoms. The number of likely N-dealkylation sites (tertiary alicyclic amines) is 2. The number of nitrogens with zero attached hydrogens (tertiary/aromatic N) is 7. The van der Waals surface area contributed by atoms with Gasteiger partial charge in [0.25, 0.3) is 0 Å². The van der Waals surface area contributed by atoms with Crippen molar-refractivity contribution in [2.45, 2.75) is 49.6 Å². The number of rotatable bonds is 5.